The number of rotatable bonds is 13. The molecule has 158 valence electrons. The molecule has 0 unspecified atom stereocenters. The Bertz CT molecular complexity index is 551. The number of hydrogen-bond acceptors (Lipinski definition) is 5. The van der Waals surface area contributed by atoms with Crippen LogP contribution in [-0.4, -0.2) is 56.9 Å². The number of ether oxygens (including phenoxy) is 1. The Labute approximate surface area is 167 Å². The first-order valence-corrected chi connectivity index (χ1v) is 9.98. The highest BCUT2D eigenvalue weighted by Crippen LogP contribution is 2.25. The summed E-state index contributed by atoms with van der Waals surface area (Å²) in [5.41, 5.74) is 0. The molecule has 0 aromatic rings. The van der Waals surface area contributed by atoms with Crippen LogP contribution in [0.25, 0.3) is 0 Å². The van der Waals surface area contributed by atoms with E-state index in [-0.39, 0.29) is 6.42 Å². The lowest BCUT2D eigenvalue weighted by atomic mass is 10.0. The molecule has 0 aromatic heterocycles. The van der Waals surface area contributed by atoms with Crippen molar-refractivity contribution in [1.29, 1.82) is 0 Å². The third kappa shape index (κ3) is 10.6. The van der Waals surface area contributed by atoms with Crippen molar-refractivity contribution in [3.8, 4) is 0 Å². The Balaban J connectivity index is 2.34. The molecule has 1 rings (SSSR count). The van der Waals surface area contributed by atoms with Crippen LogP contribution in [0.2, 0.25) is 0 Å². The molecule has 4 N–H and O–H groups in total. The number of aliphatic hydroxyl groups excluding tert-OH is 3. The van der Waals surface area contributed by atoms with Gasteiger partial charge in [0.25, 0.3) is 0 Å². The van der Waals surface area contributed by atoms with Gasteiger partial charge in [-0.05, 0) is 32.1 Å². The molecule has 1 aliphatic heterocycles. The van der Waals surface area contributed by atoms with Crippen LogP contribution in [0.1, 0.15) is 51.9 Å². The fourth-order valence-corrected chi connectivity index (χ4v) is 2.84. The molecular formula is C22H34O6. The molecule has 0 amide bonds. The highest BCUT2D eigenvalue weighted by molar-refractivity contribution is 5.66. The van der Waals surface area contributed by atoms with E-state index in [1.165, 1.54) is 0 Å². The predicted octanol–water partition coefficient (Wildman–Crippen LogP) is 2.90. The van der Waals surface area contributed by atoms with E-state index >= 15 is 0 Å². The van der Waals surface area contributed by atoms with Crippen LogP contribution < -0.4 is 0 Å². The molecule has 1 aliphatic rings. The fraction of sp³-hybridized carbons (Fsp3) is 0.591. The van der Waals surface area contributed by atoms with E-state index in [1.54, 1.807) is 24.3 Å². The summed E-state index contributed by atoms with van der Waals surface area (Å²) in [5.74, 6) is -0.849. The average molecular weight is 395 g/mol. The zero-order valence-electron chi connectivity index (χ0n) is 16.6. The van der Waals surface area contributed by atoms with Gasteiger partial charge in [-0.25, -0.2) is 0 Å². The van der Waals surface area contributed by atoms with Gasteiger partial charge >= 0.3 is 5.97 Å². The van der Waals surface area contributed by atoms with Gasteiger partial charge in [-0.3, -0.25) is 4.79 Å². The molecule has 1 fully saturated rings. The monoisotopic (exact) mass is 394 g/mol. The first-order valence-electron chi connectivity index (χ1n) is 9.98. The van der Waals surface area contributed by atoms with Gasteiger partial charge in [0.15, 0.2) is 0 Å². The summed E-state index contributed by atoms with van der Waals surface area (Å²) in [6.07, 6.45) is 15.1. The van der Waals surface area contributed by atoms with E-state index in [0.717, 1.165) is 12.8 Å². The quantitative estimate of drug-likeness (QED) is 0.358. The van der Waals surface area contributed by atoms with Gasteiger partial charge in [0, 0.05) is 12.8 Å². The maximum Gasteiger partial charge on any atom is 0.303 e. The van der Waals surface area contributed by atoms with Gasteiger partial charge in [0.2, 0.25) is 0 Å². The maximum absolute atomic E-state index is 10.4. The van der Waals surface area contributed by atoms with Crippen molar-refractivity contribution in [2.24, 2.45) is 0 Å². The van der Waals surface area contributed by atoms with Crippen molar-refractivity contribution in [3.05, 3.63) is 48.6 Å². The number of carbonyl (C=O) groups is 1. The van der Waals surface area contributed by atoms with Gasteiger partial charge in [-0.1, -0.05) is 55.5 Å². The van der Waals surface area contributed by atoms with Crippen molar-refractivity contribution in [2.75, 3.05) is 0 Å². The molecule has 1 heterocycles. The molecule has 0 bridgehead atoms. The number of carboxylic acids is 1. The van der Waals surface area contributed by atoms with Crippen LogP contribution in [0.5, 0.6) is 0 Å². The van der Waals surface area contributed by atoms with Gasteiger partial charge in [-0.15, -0.1) is 0 Å². The zero-order valence-corrected chi connectivity index (χ0v) is 16.6. The van der Waals surface area contributed by atoms with Gasteiger partial charge in [0.1, 0.15) is 6.10 Å². The summed E-state index contributed by atoms with van der Waals surface area (Å²) in [5, 5.41) is 38.8. The highest BCUT2D eigenvalue weighted by atomic mass is 16.5. The van der Waals surface area contributed by atoms with E-state index in [9.17, 15) is 20.1 Å². The Kier molecular flexibility index (Phi) is 12.4. The van der Waals surface area contributed by atoms with Gasteiger partial charge < -0.3 is 25.2 Å². The lowest BCUT2D eigenvalue weighted by molar-refractivity contribution is -0.136. The maximum atomic E-state index is 10.4. The molecule has 0 aromatic carbocycles. The molecule has 0 saturated carbocycles. The van der Waals surface area contributed by atoms with E-state index < -0.39 is 36.5 Å². The van der Waals surface area contributed by atoms with Crippen molar-refractivity contribution < 1.29 is 30.0 Å². The van der Waals surface area contributed by atoms with Crippen LogP contribution in [0.15, 0.2) is 48.6 Å². The van der Waals surface area contributed by atoms with Crippen LogP contribution in [0.4, 0.5) is 0 Å². The lowest BCUT2D eigenvalue weighted by Gasteiger charge is -2.16. The first-order chi connectivity index (χ1) is 13.4. The van der Waals surface area contributed by atoms with E-state index in [2.05, 4.69) is 19.1 Å². The second-order valence-corrected chi connectivity index (χ2v) is 6.92. The summed E-state index contributed by atoms with van der Waals surface area (Å²) < 4.78 is 5.72. The molecule has 6 nitrogen and oxygen atoms in total. The summed E-state index contributed by atoms with van der Waals surface area (Å²) in [4.78, 5) is 10.4. The third-order valence-electron chi connectivity index (χ3n) is 4.42. The smallest absolute Gasteiger partial charge is 0.303 e. The summed E-state index contributed by atoms with van der Waals surface area (Å²) in [7, 11) is 0. The summed E-state index contributed by atoms with van der Waals surface area (Å²) in [6.45, 7) is 2.08. The van der Waals surface area contributed by atoms with E-state index in [0.29, 0.717) is 25.7 Å². The minimum absolute atomic E-state index is 0.0683. The highest BCUT2D eigenvalue weighted by Gasteiger charge is 2.35. The summed E-state index contributed by atoms with van der Waals surface area (Å²) in [6, 6.07) is 0. The Hall–Kier alpha value is -1.73. The lowest BCUT2D eigenvalue weighted by Crippen LogP contribution is -2.25. The number of aliphatic carboxylic acids is 1. The Morgan fingerprint density at radius 2 is 1.82 bits per heavy atom. The molecular weight excluding hydrogens is 360 g/mol. The standard InChI is InChI=1S/C22H34O6/c1-2-3-4-5-6-9-12-18(24)21-16-19(25)20(28-21)15-14-17(23)11-8-7-10-13-22(26)27/h3-4,6-9,14-15,17-21,23-25H,2,5,10-13,16H2,1H3,(H,26,27)/b4-3-,8-7-,9-6-,15-14+/t17-,18-,19-,20-,21-/m0/s1. The molecule has 6 heteroatoms. The SMILES string of the molecule is CC/C=C\C/C=C\C[C@H](O)[C@@H]1C[C@H](O)[C@H](/C=C/[C@@H](O)C/C=C\CCC(=O)O)O1. The van der Waals surface area contributed by atoms with Gasteiger partial charge in [0.05, 0.1) is 24.4 Å². The molecule has 5 atom stereocenters. The predicted molar refractivity (Wildman–Crippen MR) is 109 cm³/mol. The minimum Gasteiger partial charge on any atom is -0.481 e. The number of allylic oxidation sites excluding steroid dienone is 4. The van der Waals surface area contributed by atoms with E-state index in [1.807, 2.05) is 12.2 Å². The average Bonchev–Trinajstić information content (AvgIpc) is 3.03. The third-order valence-corrected chi connectivity index (χ3v) is 4.42. The van der Waals surface area contributed by atoms with Crippen molar-refractivity contribution >= 4 is 5.97 Å². The van der Waals surface area contributed by atoms with Crippen molar-refractivity contribution in [1.82, 2.24) is 0 Å². The molecule has 0 spiro atoms. The Morgan fingerprint density at radius 1 is 1.11 bits per heavy atom. The normalized spacial score (nSPS) is 25.5. The van der Waals surface area contributed by atoms with Crippen LogP contribution in [0.3, 0.4) is 0 Å². The Morgan fingerprint density at radius 3 is 2.54 bits per heavy atom. The van der Waals surface area contributed by atoms with Crippen molar-refractivity contribution in [2.45, 2.75) is 82.4 Å². The number of aliphatic hydroxyl groups is 3. The second kappa shape index (κ2) is 14.3. The van der Waals surface area contributed by atoms with E-state index in [4.69, 9.17) is 9.84 Å². The van der Waals surface area contributed by atoms with Crippen molar-refractivity contribution in [3.63, 3.8) is 0 Å². The van der Waals surface area contributed by atoms with Gasteiger partial charge in [-0.2, -0.15) is 0 Å². The summed E-state index contributed by atoms with van der Waals surface area (Å²) >= 11 is 0. The molecule has 0 radical (unpaired) electrons. The van der Waals surface area contributed by atoms with Crippen LogP contribution in [-0.2, 0) is 9.53 Å². The fourth-order valence-electron chi connectivity index (χ4n) is 2.84. The number of hydrogen-bond donors (Lipinski definition) is 4. The molecule has 0 aliphatic carbocycles. The molecule has 28 heavy (non-hydrogen) atoms. The topological polar surface area (TPSA) is 107 Å². The number of carboxylic acid groups (broad SMARTS) is 1. The molecule has 1 saturated heterocycles. The zero-order chi connectivity index (χ0) is 20.8. The second-order valence-electron chi connectivity index (χ2n) is 6.92. The first kappa shape index (κ1) is 24.3. The largest absolute Gasteiger partial charge is 0.481 e. The minimum atomic E-state index is -0.849. The van der Waals surface area contributed by atoms with Crippen LogP contribution in [0, 0.1) is 0 Å². The van der Waals surface area contributed by atoms with Crippen LogP contribution >= 0.6 is 0 Å².